The van der Waals surface area contributed by atoms with Crippen LogP contribution >= 0.6 is 0 Å². The van der Waals surface area contributed by atoms with Crippen molar-refractivity contribution in [2.75, 3.05) is 13.2 Å². The largest absolute Gasteiger partial charge is 0.462 e. The first-order chi connectivity index (χ1) is 34.5. The highest BCUT2D eigenvalue weighted by molar-refractivity contribution is 5.71. The minimum Gasteiger partial charge on any atom is -0.462 e. The van der Waals surface area contributed by atoms with E-state index >= 15 is 0 Å². The van der Waals surface area contributed by atoms with Crippen molar-refractivity contribution in [1.29, 1.82) is 0 Å². The molecule has 406 valence electrons. The first kappa shape index (κ1) is 67.1. The van der Waals surface area contributed by atoms with E-state index in [0.29, 0.717) is 19.3 Å². The fraction of sp³-hybridized carbons (Fsp3) is 0.797. The number of allylic oxidation sites excluding steroid dienone is 10. The number of hydrogen-bond acceptors (Lipinski definition) is 6. The predicted octanol–water partition coefficient (Wildman–Crippen LogP) is 20.4. The van der Waals surface area contributed by atoms with Crippen LogP contribution in [0.4, 0.5) is 0 Å². The standard InChI is InChI=1S/C64H114O6/c1-4-7-10-13-16-19-22-25-28-30-31-32-33-35-36-39-42-45-48-51-54-57-63(66)69-60-61(59-68-62(65)56-53-50-47-44-41-38-27-24-21-18-15-12-9-6-3)70-64(67)58-55-52-49-46-43-40-37-34-29-26-23-20-17-14-11-8-5-2/h17,20,22,24-27,29-31,61H,4-16,18-19,21,23,28,32-60H2,1-3H3/b20-17-,25-22-,27-24-,29-26-,31-30-. The third kappa shape index (κ3) is 56.0. The van der Waals surface area contributed by atoms with E-state index in [0.717, 1.165) is 83.5 Å². The van der Waals surface area contributed by atoms with Crippen LogP contribution in [-0.2, 0) is 28.6 Å². The SMILES string of the molecule is CCCCC/C=C\C/C=C\CCCCCCCCCC(=O)OC(COC(=O)CCCCCCC/C=C\CCCCCCC)COC(=O)CCCCCCCCCCC/C=C\C/C=C\CCCCCCC. The second kappa shape index (κ2) is 58.7. The second-order valence-corrected chi connectivity index (χ2v) is 20.2. The van der Waals surface area contributed by atoms with E-state index in [1.54, 1.807) is 0 Å². The predicted molar refractivity (Wildman–Crippen MR) is 302 cm³/mol. The van der Waals surface area contributed by atoms with Crippen molar-refractivity contribution in [3.63, 3.8) is 0 Å². The molecule has 0 aromatic rings. The van der Waals surface area contributed by atoms with Gasteiger partial charge in [0.2, 0.25) is 0 Å². The summed E-state index contributed by atoms with van der Waals surface area (Å²) in [6.45, 7) is 6.61. The number of carbonyl (C=O) groups excluding carboxylic acids is 3. The van der Waals surface area contributed by atoms with Gasteiger partial charge >= 0.3 is 17.9 Å². The zero-order valence-corrected chi connectivity index (χ0v) is 46.5. The third-order valence-corrected chi connectivity index (χ3v) is 13.2. The second-order valence-electron chi connectivity index (χ2n) is 20.2. The molecule has 0 aliphatic heterocycles. The Bertz CT molecular complexity index is 1260. The Kier molecular flexibility index (Phi) is 56.3. The molecule has 0 heterocycles. The summed E-state index contributed by atoms with van der Waals surface area (Å²) in [7, 11) is 0. The molecule has 0 aliphatic rings. The molecular weight excluding hydrogens is 865 g/mol. The topological polar surface area (TPSA) is 78.9 Å². The summed E-state index contributed by atoms with van der Waals surface area (Å²) in [6.07, 6.45) is 73.5. The Labute approximate surface area is 434 Å². The number of hydrogen-bond donors (Lipinski definition) is 0. The molecule has 0 radical (unpaired) electrons. The van der Waals surface area contributed by atoms with Gasteiger partial charge in [0, 0.05) is 19.3 Å². The third-order valence-electron chi connectivity index (χ3n) is 13.2. The summed E-state index contributed by atoms with van der Waals surface area (Å²) in [5.74, 6) is -0.889. The van der Waals surface area contributed by atoms with Gasteiger partial charge in [-0.2, -0.15) is 0 Å². The van der Waals surface area contributed by atoms with Gasteiger partial charge in [0.15, 0.2) is 6.10 Å². The first-order valence-corrected chi connectivity index (χ1v) is 30.3. The van der Waals surface area contributed by atoms with Crippen LogP contribution in [0, 0.1) is 0 Å². The lowest BCUT2D eigenvalue weighted by Crippen LogP contribution is -2.30. The van der Waals surface area contributed by atoms with Crippen LogP contribution in [0.2, 0.25) is 0 Å². The van der Waals surface area contributed by atoms with Gasteiger partial charge in [0.05, 0.1) is 0 Å². The molecule has 0 rings (SSSR count). The van der Waals surface area contributed by atoms with Gasteiger partial charge in [-0.15, -0.1) is 0 Å². The molecule has 0 aromatic heterocycles. The maximum atomic E-state index is 12.9. The van der Waals surface area contributed by atoms with Gasteiger partial charge in [-0.1, -0.05) is 242 Å². The van der Waals surface area contributed by atoms with Crippen molar-refractivity contribution in [1.82, 2.24) is 0 Å². The van der Waals surface area contributed by atoms with Crippen molar-refractivity contribution in [2.24, 2.45) is 0 Å². The summed E-state index contributed by atoms with van der Waals surface area (Å²) in [4.78, 5) is 38.2. The molecule has 0 N–H and O–H groups in total. The summed E-state index contributed by atoms with van der Waals surface area (Å²) in [5, 5.41) is 0. The molecule has 0 saturated carbocycles. The van der Waals surface area contributed by atoms with Crippen LogP contribution < -0.4 is 0 Å². The summed E-state index contributed by atoms with van der Waals surface area (Å²) >= 11 is 0. The smallest absolute Gasteiger partial charge is 0.306 e. The van der Waals surface area contributed by atoms with E-state index < -0.39 is 6.10 Å². The van der Waals surface area contributed by atoms with Crippen LogP contribution in [0.25, 0.3) is 0 Å². The molecule has 1 atom stereocenters. The molecule has 0 bridgehead atoms. The molecule has 70 heavy (non-hydrogen) atoms. The number of carbonyl (C=O) groups is 3. The van der Waals surface area contributed by atoms with E-state index in [1.165, 1.54) is 186 Å². The highest BCUT2D eigenvalue weighted by Crippen LogP contribution is 2.15. The van der Waals surface area contributed by atoms with Gasteiger partial charge in [-0.3, -0.25) is 14.4 Å². The minimum absolute atomic E-state index is 0.0812. The Morgan fingerprint density at radius 1 is 0.286 bits per heavy atom. The zero-order valence-electron chi connectivity index (χ0n) is 46.5. The lowest BCUT2D eigenvalue weighted by molar-refractivity contribution is -0.167. The Balaban J connectivity index is 4.36. The van der Waals surface area contributed by atoms with E-state index in [4.69, 9.17) is 14.2 Å². The molecule has 6 heteroatoms. The molecular formula is C64H114O6. The van der Waals surface area contributed by atoms with Gasteiger partial charge < -0.3 is 14.2 Å². The van der Waals surface area contributed by atoms with Crippen LogP contribution in [0.15, 0.2) is 60.8 Å². The molecule has 0 saturated heterocycles. The van der Waals surface area contributed by atoms with Crippen LogP contribution in [-0.4, -0.2) is 37.2 Å². The average Bonchev–Trinajstić information content (AvgIpc) is 3.36. The Morgan fingerprint density at radius 2 is 0.514 bits per heavy atom. The Morgan fingerprint density at radius 3 is 0.829 bits per heavy atom. The van der Waals surface area contributed by atoms with Crippen LogP contribution in [0.1, 0.15) is 310 Å². The maximum absolute atomic E-state index is 12.9. The van der Waals surface area contributed by atoms with Gasteiger partial charge in [0.25, 0.3) is 0 Å². The minimum atomic E-state index is -0.784. The summed E-state index contributed by atoms with van der Waals surface area (Å²) in [6, 6.07) is 0. The first-order valence-electron chi connectivity index (χ1n) is 30.3. The number of ether oxygens (including phenoxy) is 3. The Hall–Kier alpha value is -2.89. The molecule has 1 unspecified atom stereocenters. The molecule has 6 nitrogen and oxygen atoms in total. The van der Waals surface area contributed by atoms with Gasteiger partial charge in [-0.25, -0.2) is 0 Å². The normalized spacial score (nSPS) is 12.4. The molecule has 0 amide bonds. The molecule has 0 aromatic carbocycles. The molecule has 0 fully saturated rings. The van der Waals surface area contributed by atoms with Crippen molar-refractivity contribution in [3.05, 3.63) is 60.8 Å². The van der Waals surface area contributed by atoms with E-state index in [9.17, 15) is 14.4 Å². The van der Waals surface area contributed by atoms with E-state index in [-0.39, 0.29) is 31.1 Å². The van der Waals surface area contributed by atoms with Gasteiger partial charge in [0.1, 0.15) is 13.2 Å². The van der Waals surface area contributed by atoms with Crippen molar-refractivity contribution in [2.45, 2.75) is 316 Å². The lowest BCUT2D eigenvalue weighted by atomic mass is 10.1. The fourth-order valence-corrected chi connectivity index (χ4v) is 8.62. The fourth-order valence-electron chi connectivity index (χ4n) is 8.62. The molecule has 0 spiro atoms. The monoisotopic (exact) mass is 979 g/mol. The highest BCUT2D eigenvalue weighted by atomic mass is 16.6. The summed E-state index contributed by atoms with van der Waals surface area (Å²) in [5.41, 5.74) is 0. The van der Waals surface area contributed by atoms with Gasteiger partial charge in [-0.05, 0) is 109 Å². The molecule has 0 aliphatic carbocycles. The van der Waals surface area contributed by atoms with Crippen LogP contribution in [0.3, 0.4) is 0 Å². The van der Waals surface area contributed by atoms with Crippen molar-refractivity contribution >= 4 is 17.9 Å². The van der Waals surface area contributed by atoms with Crippen LogP contribution in [0.5, 0.6) is 0 Å². The number of esters is 3. The number of rotatable bonds is 55. The van der Waals surface area contributed by atoms with E-state index in [2.05, 4.69) is 81.5 Å². The summed E-state index contributed by atoms with van der Waals surface area (Å²) < 4.78 is 16.9. The van der Waals surface area contributed by atoms with E-state index in [1.807, 2.05) is 0 Å². The van der Waals surface area contributed by atoms with Crippen molar-refractivity contribution in [3.8, 4) is 0 Å². The average molecular weight is 980 g/mol. The highest BCUT2D eigenvalue weighted by Gasteiger charge is 2.19. The quantitative estimate of drug-likeness (QED) is 0.0261. The number of unbranched alkanes of at least 4 members (excludes halogenated alkanes) is 34. The lowest BCUT2D eigenvalue weighted by Gasteiger charge is -2.18. The van der Waals surface area contributed by atoms with Crippen molar-refractivity contribution < 1.29 is 28.6 Å². The zero-order chi connectivity index (χ0) is 50.7. The maximum Gasteiger partial charge on any atom is 0.306 e.